The molecule has 0 saturated heterocycles. The highest BCUT2D eigenvalue weighted by Crippen LogP contribution is 2.43. The van der Waals surface area contributed by atoms with Gasteiger partial charge in [0.15, 0.2) is 17.5 Å². The van der Waals surface area contributed by atoms with E-state index in [1.807, 2.05) is 42.5 Å². The molecule has 0 aliphatic rings. The van der Waals surface area contributed by atoms with Gasteiger partial charge in [-0.3, -0.25) is 0 Å². The molecule has 0 spiro atoms. The minimum absolute atomic E-state index is 0.130. The van der Waals surface area contributed by atoms with Crippen LogP contribution in [0, 0.1) is 0 Å². The molecule has 3 aromatic heterocycles. The molecule has 9 rings (SSSR count). The zero-order valence-corrected chi connectivity index (χ0v) is 26.9. The summed E-state index contributed by atoms with van der Waals surface area (Å²) < 4.78 is 4.55. The van der Waals surface area contributed by atoms with Gasteiger partial charge in [-0.1, -0.05) is 102 Å². The second kappa shape index (κ2) is 11.4. The molecule has 0 bridgehead atoms. The van der Waals surface area contributed by atoms with Gasteiger partial charge in [0, 0.05) is 42.9 Å². The zero-order valence-electron chi connectivity index (χ0n) is 26.1. The molecule has 0 atom stereocenters. The summed E-state index contributed by atoms with van der Waals surface area (Å²) >= 11 is 1.71. The average molecular weight is 630 g/mol. The fraction of sp³-hybridized carbons (Fsp3) is 0. The van der Waals surface area contributed by atoms with Gasteiger partial charge in [0.1, 0.15) is 39.2 Å². The molecule has 10 heteroatoms. The van der Waals surface area contributed by atoms with Gasteiger partial charge in [-0.25, -0.2) is 15.0 Å². The van der Waals surface area contributed by atoms with E-state index in [9.17, 15) is 0 Å². The Kier molecular flexibility index (Phi) is 6.92. The van der Waals surface area contributed by atoms with Crippen LogP contribution in [0.15, 0.2) is 115 Å². The molecule has 0 saturated carbocycles. The summed E-state index contributed by atoms with van der Waals surface area (Å²) in [5.74, 6) is 1.17. The van der Waals surface area contributed by atoms with Crippen LogP contribution in [0.2, 0.25) is 0 Å². The highest BCUT2D eigenvalue weighted by Gasteiger charge is 2.21. The molecule has 216 valence electrons. The lowest BCUT2D eigenvalue weighted by molar-refractivity contribution is 1.08. The summed E-state index contributed by atoms with van der Waals surface area (Å²) in [6.07, 6.45) is 0. The van der Waals surface area contributed by atoms with Gasteiger partial charge in [-0.2, -0.15) is 0 Å². The maximum absolute atomic E-state index is 6.50. The van der Waals surface area contributed by atoms with Crippen LogP contribution in [-0.4, -0.2) is 58.8 Å². The number of thiophene rings is 1. The van der Waals surface area contributed by atoms with E-state index in [1.165, 1.54) is 10.8 Å². The lowest BCUT2D eigenvalue weighted by Crippen LogP contribution is -2.55. The Morgan fingerprint density at radius 2 is 0.939 bits per heavy atom. The van der Waals surface area contributed by atoms with Crippen molar-refractivity contribution < 1.29 is 0 Å². The van der Waals surface area contributed by atoms with Crippen molar-refractivity contribution in [1.29, 1.82) is 0 Å². The summed E-state index contributed by atoms with van der Waals surface area (Å²) in [4.78, 5) is 14.8. The first-order valence-corrected chi connectivity index (χ1v) is 16.5. The van der Waals surface area contributed by atoms with Crippen molar-refractivity contribution >= 4 is 120 Å². The molecule has 49 heavy (non-hydrogen) atoms. The molecule has 4 nitrogen and oxygen atoms in total. The van der Waals surface area contributed by atoms with Crippen molar-refractivity contribution in [3.63, 3.8) is 0 Å². The summed E-state index contributed by atoms with van der Waals surface area (Å²) in [7, 11) is 31.7. The molecule has 0 fully saturated rings. The van der Waals surface area contributed by atoms with Gasteiger partial charge in [-0.15, -0.1) is 27.7 Å². The van der Waals surface area contributed by atoms with Crippen LogP contribution < -0.4 is 27.3 Å². The number of aromatic nitrogens is 4. The fourth-order valence-corrected chi connectivity index (χ4v) is 8.07. The van der Waals surface area contributed by atoms with E-state index >= 15 is 0 Å². The SMILES string of the molecule is [B]c1c([B])c([B])c(-c2nc(-c3ccccc3)nc(-c3cccc4c3sc3c(-n5c6ccccc6c6ccccc65)cccc34)n2)c([B])c1[B]. The van der Waals surface area contributed by atoms with Crippen LogP contribution in [0.4, 0.5) is 0 Å². The van der Waals surface area contributed by atoms with Gasteiger partial charge < -0.3 is 4.57 Å². The van der Waals surface area contributed by atoms with Crippen LogP contribution >= 0.6 is 11.3 Å². The molecule has 3 heterocycles. The Morgan fingerprint density at radius 3 is 1.61 bits per heavy atom. The molecule has 0 N–H and O–H groups in total. The van der Waals surface area contributed by atoms with E-state index in [0.29, 0.717) is 17.2 Å². The Labute approximate surface area is 293 Å². The molecule has 0 amide bonds. The molecule has 9 aromatic rings. The normalized spacial score (nSPS) is 11.7. The summed E-state index contributed by atoms with van der Waals surface area (Å²) in [5.41, 5.74) is 6.11. The van der Waals surface area contributed by atoms with E-state index in [2.05, 4.69) is 77.4 Å². The van der Waals surface area contributed by atoms with E-state index in [4.69, 9.17) is 54.2 Å². The monoisotopic (exact) mass is 630 g/mol. The minimum atomic E-state index is 0.130. The van der Waals surface area contributed by atoms with Crippen molar-refractivity contribution in [3.05, 3.63) is 115 Å². The smallest absolute Gasteiger partial charge is 0.165 e. The first-order valence-electron chi connectivity index (χ1n) is 15.7. The van der Waals surface area contributed by atoms with Crippen molar-refractivity contribution in [2.75, 3.05) is 0 Å². The van der Waals surface area contributed by atoms with Crippen LogP contribution in [-0.2, 0) is 0 Å². The Balaban J connectivity index is 1.33. The molecule has 0 unspecified atom stereocenters. The topological polar surface area (TPSA) is 43.6 Å². The number of hydrogen-bond donors (Lipinski definition) is 0. The van der Waals surface area contributed by atoms with Crippen molar-refractivity contribution in [3.8, 4) is 39.9 Å². The predicted molar refractivity (Wildman–Crippen MR) is 210 cm³/mol. The number of para-hydroxylation sites is 2. The van der Waals surface area contributed by atoms with Gasteiger partial charge >= 0.3 is 0 Å². The second-order valence-corrected chi connectivity index (χ2v) is 12.9. The summed E-state index contributed by atoms with van der Waals surface area (Å²) in [6, 6.07) is 39.5. The van der Waals surface area contributed by atoms with Crippen LogP contribution in [0.3, 0.4) is 0 Å². The Hall–Kier alpha value is -5.33. The summed E-state index contributed by atoms with van der Waals surface area (Å²) in [6.45, 7) is 0. The van der Waals surface area contributed by atoms with Gasteiger partial charge in [0.2, 0.25) is 0 Å². The molecular formula is C39H19B5N4S. The van der Waals surface area contributed by atoms with Crippen molar-refractivity contribution in [2.24, 2.45) is 0 Å². The number of rotatable bonds is 4. The van der Waals surface area contributed by atoms with E-state index in [1.54, 1.807) is 11.3 Å². The Bertz CT molecular complexity index is 2710. The quantitative estimate of drug-likeness (QED) is 0.273. The number of hydrogen-bond acceptors (Lipinski definition) is 4. The van der Waals surface area contributed by atoms with E-state index in [-0.39, 0.29) is 33.1 Å². The highest BCUT2D eigenvalue weighted by atomic mass is 32.1. The number of benzene rings is 6. The maximum atomic E-state index is 6.50. The number of nitrogens with zero attached hydrogens (tertiary/aromatic N) is 4. The van der Waals surface area contributed by atoms with E-state index in [0.717, 1.165) is 48.0 Å². The largest absolute Gasteiger partial charge is 0.308 e. The van der Waals surface area contributed by atoms with Crippen molar-refractivity contribution in [1.82, 2.24) is 19.5 Å². The second-order valence-electron chi connectivity index (χ2n) is 11.9. The summed E-state index contributed by atoms with van der Waals surface area (Å²) in [5, 5.41) is 4.67. The third kappa shape index (κ3) is 4.54. The minimum Gasteiger partial charge on any atom is -0.308 e. The predicted octanol–water partition coefficient (Wildman–Crippen LogP) is 4.31. The lowest BCUT2D eigenvalue weighted by Gasteiger charge is -2.20. The standard InChI is InChI=1S/C39H19B5N4S/c40-30-29(31(41)33(43)34(44)32(30)42)39-46-37(20-10-2-1-3-11-20)45-38(47-39)25-16-8-14-23-24-15-9-19-28(36(24)49-35(23)25)48-26-17-6-4-12-21(26)22-13-5-7-18-27(22)48/h1-19H. The highest BCUT2D eigenvalue weighted by molar-refractivity contribution is 7.26. The van der Waals surface area contributed by atoms with Crippen LogP contribution in [0.1, 0.15) is 0 Å². The lowest BCUT2D eigenvalue weighted by atomic mass is 9.60. The maximum Gasteiger partial charge on any atom is 0.165 e. The average Bonchev–Trinajstić information content (AvgIpc) is 3.70. The van der Waals surface area contributed by atoms with Gasteiger partial charge in [0.25, 0.3) is 0 Å². The molecular weight excluding hydrogens is 611 g/mol. The third-order valence-corrected chi connectivity index (χ3v) is 10.4. The first kappa shape index (κ1) is 29.8. The molecule has 0 aliphatic carbocycles. The first-order chi connectivity index (χ1) is 23.9. The van der Waals surface area contributed by atoms with Crippen LogP contribution in [0.5, 0.6) is 0 Å². The van der Waals surface area contributed by atoms with E-state index < -0.39 is 0 Å². The molecule has 6 aromatic carbocycles. The fourth-order valence-electron chi connectivity index (χ4n) is 6.75. The third-order valence-electron chi connectivity index (χ3n) is 9.16. The molecule has 0 aliphatic heterocycles. The van der Waals surface area contributed by atoms with Crippen LogP contribution in [0.25, 0.3) is 81.8 Å². The van der Waals surface area contributed by atoms with Crippen molar-refractivity contribution in [2.45, 2.75) is 0 Å². The van der Waals surface area contributed by atoms with Gasteiger partial charge in [-0.05, 0) is 24.3 Å². The number of fused-ring (bicyclic) bond motifs is 6. The van der Waals surface area contributed by atoms with Gasteiger partial charge in [0.05, 0.1) is 21.4 Å². The molecule has 10 radical (unpaired) electrons. The zero-order chi connectivity index (χ0) is 33.4. The Morgan fingerprint density at radius 1 is 0.429 bits per heavy atom.